The number of hydrogen-bond donors (Lipinski definition) is 1. The fourth-order valence-electron chi connectivity index (χ4n) is 2.05. The van der Waals surface area contributed by atoms with Crippen molar-refractivity contribution in [2.45, 2.75) is 19.5 Å². The highest BCUT2D eigenvalue weighted by atomic mass is 32.1. The van der Waals surface area contributed by atoms with E-state index in [1.54, 1.807) is 24.3 Å². The minimum atomic E-state index is -4.30. The number of halogens is 3. The minimum Gasteiger partial charge on any atom is -0.332 e. The van der Waals surface area contributed by atoms with Gasteiger partial charge in [-0.15, -0.1) is 5.10 Å². The molecule has 0 spiro atoms. The van der Waals surface area contributed by atoms with E-state index in [1.807, 2.05) is 13.0 Å². The summed E-state index contributed by atoms with van der Waals surface area (Å²) in [6.07, 6.45) is -3.73. The Bertz CT molecular complexity index is 633. The quantitative estimate of drug-likeness (QED) is 0.854. The van der Waals surface area contributed by atoms with Crippen molar-refractivity contribution in [1.82, 2.24) is 14.8 Å². The van der Waals surface area contributed by atoms with Gasteiger partial charge in [0.15, 0.2) is 0 Å². The molecule has 2 aromatic rings. The Hall–Kier alpha value is -1.83. The molecule has 0 atom stereocenters. The normalized spacial score (nSPS) is 11.6. The van der Waals surface area contributed by atoms with E-state index >= 15 is 0 Å². The van der Waals surface area contributed by atoms with E-state index in [-0.39, 0.29) is 17.3 Å². The van der Waals surface area contributed by atoms with Crippen molar-refractivity contribution in [1.29, 1.82) is 0 Å². The lowest BCUT2D eigenvalue weighted by atomic mass is 10.3. The third kappa shape index (κ3) is 3.84. The highest BCUT2D eigenvalue weighted by molar-refractivity contribution is 7.71. The van der Waals surface area contributed by atoms with E-state index in [0.717, 1.165) is 0 Å². The molecule has 1 aromatic carbocycles. The molecular formula is C13H15F3N4S. The number of anilines is 1. The third-order valence-corrected chi connectivity index (χ3v) is 3.09. The molecule has 2 rings (SSSR count). The van der Waals surface area contributed by atoms with Crippen LogP contribution in [-0.4, -0.2) is 34.0 Å². The van der Waals surface area contributed by atoms with Crippen molar-refractivity contribution in [3.63, 3.8) is 0 Å². The molecule has 0 aliphatic heterocycles. The standard InChI is InChI=1S/C13H15F3N4S/c1-2-8-19(9-13(14,15)16)11-17-18-12(21)20(11)10-6-4-3-5-7-10/h3-7H,2,8-9H2,1H3,(H,18,21). The first kappa shape index (κ1) is 15.6. The van der Waals surface area contributed by atoms with Gasteiger partial charge in [-0.1, -0.05) is 25.1 Å². The maximum atomic E-state index is 12.7. The number of para-hydroxylation sites is 1. The van der Waals surface area contributed by atoms with Gasteiger partial charge in [-0.25, -0.2) is 5.10 Å². The molecule has 1 N–H and O–H groups in total. The molecule has 1 heterocycles. The molecule has 0 radical (unpaired) electrons. The van der Waals surface area contributed by atoms with E-state index in [4.69, 9.17) is 12.2 Å². The molecule has 114 valence electrons. The molecular weight excluding hydrogens is 301 g/mol. The second-order valence-corrected chi connectivity index (χ2v) is 4.92. The van der Waals surface area contributed by atoms with E-state index < -0.39 is 12.7 Å². The van der Waals surface area contributed by atoms with Crippen LogP contribution in [0, 0.1) is 4.77 Å². The van der Waals surface area contributed by atoms with Crippen molar-refractivity contribution in [3.05, 3.63) is 35.1 Å². The van der Waals surface area contributed by atoms with E-state index in [0.29, 0.717) is 12.1 Å². The molecule has 4 nitrogen and oxygen atoms in total. The molecule has 0 aliphatic rings. The molecule has 0 fully saturated rings. The van der Waals surface area contributed by atoms with Gasteiger partial charge in [0, 0.05) is 6.54 Å². The lowest BCUT2D eigenvalue weighted by Gasteiger charge is -2.24. The summed E-state index contributed by atoms with van der Waals surface area (Å²) in [5, 5.41) is 6.53. The van der Waals surface area contributed by atoms with Crippen LogP contribution in [0.15, 0.2) is 30.3 Å². The average molecular weight is 316 g/mol. The summed E-state index contributed by atoms with van der Waals surface area (Å²) >= 11 is 5.14. The lowest BCUT2D eigenvalue weighted by molar-refractivity contribution is -0.119. The van der Waals surface area contributed by atoms with Crippen LogP contribution in [0.5, 0.6) is 0 Å². The average Bonchev–Trinajstić information content (AvgIpc) is 2.80. The van der Waals surface area contributed by atoms with E-state index in [2.05, 4.69) is 10.2 Å². The van der Waals surface area contributed by atoms with E-state index in [9.17, 15) is 13.2 Å². The number of hydrogen-bond acceptors (Lipinski definition) is 3. The Morgan fingerprint density at radius 3 is 2.52 bits per heavy atom. The van der Waals surface area contributed by atoms with Crippen LogP contribution in [0.2, 0.25) is 0 Å². The number of nitrogens with one attached hydrogen (secondary N) is 1. The van der Waals surface area contributed by atoms with Crippen LogP contribution in [0.3, 0.4) is 0 Å². The Labute approximate surface area is 125 Å². The van der Waals surface area contributed by atoms with Crippen LogP contribution in [0.1, 0.15) is 13.3 Å². The Morgan fingerprint density at radius 1 is 1.29 bits per heavy atom. The molecule has 21 heavy (non-hydrogen) atoms. The van der Waals surface area contributed by atoms with Gasteiger partial charge in [-0.05, 0) is 30.8 Å². The number of alkyl halides is 3. The van der Waals surface area contributed by atoms with Crippen molar-refractivity contribution in [2.75, 3.05) is 18.0 Å². The molecule has 0 aliphatic carbocycles. The van der Waals surface area contributed by atoms with Crippen molar-refractivity contribution < 1.29 is 13.2 Å². The van der Waals surface area contributed by atoms with Gasteiger partial charge in [0.2, 0.25) is 10.7 Å². The van der Waals surface area contributed by atoms with Crippen molar-refractivity contribution in [2.24, 2.45) is 0 Å². The highest BCUT2D eigenvalue weighted by Gasteiger charge is 2.32. The first-order chi connectivity index (χ1) is 9.92. The number of aromatic amines is 1. The zero-order valence-electron chi connectivity index (χ0n) is 11.4. The summed E-state index contributed by atoms with van der Waals surface area (Å²) in [5.74, 6) is 0.172. The maximum absolute atomic E-state index is 12.7. The number of benzene rings is 1. The number of H-pyrrole nitrogens is 1. The van der Waals surface area contributed by atoms with Gasteiger partial charge in [0.05, 0.1) is 5.69 Å². The molecule has 8 heteroatoms. The summed E-state index contributed by atoms with van der Waals surface area (Å²) in [6.45, 7) is 0.997. The maximum Gasteiger partial charge on any atom is 0.406 e. The molecule has 0 unspecified atom stereocenters. The van der Waals surface area contributed by atoms with Crippen LogP contribution in [-0.2, 0) is 0 Å². The van der Waals surface area contributed by atoms with Crippen LogP contribution in [0.4, 0.5) is 19.1 Å². The Balaban J connectivity index is 2.45. The van der Waals surface area contributed by atoms with Gasteiger partial charge in [-0.3, -0.25) is 4.57 Å². The smallest absolute Gasteiger partial charge is 0.332 e. The zero-order valence-corrected chi connectivity index (χ0v) is 12.2. The fraction of sp³-hybridized carbons (Fsp3) is 0.385. The van der Waals surface area contributed by atoms with Crippen LogP contribution < -0.4 is 4.90 Å². The zero-order chi connectivity index (χ0) is 15.5. The monoisotopic (exact) mass is 316 g/mol. The van der Waals surface area contributed by atoms with E-state index in [1.165, 1.54) is 9.47 Å². The SMILES string of the molecule is CCCN(CC(F)(F)F)c1n[nH]c(=S)n1-c1ccccc1. The summed E-state index contributed by atoms with van der Waals surface area (Å²) in [7, 11) is 0. The van der Waals surface area contributed by atoms with Gasteiger partial charge < -0.3 is 4.90 Å². The predicted octanol–water partition coefficient (Wildman–Crippen LogP) is 3.71. The van der Waals surface area contributed by atoms with Gasteiger partial charge in [0.25, 0.3) is 0 Å². The van der Waals surface area contributed by atoms with Gasteiger partial charge in [-0.2, -0.15) is 13.2 Å². The second-order valence-electron chi connectivity index (χ2n) is 4.54. The van der Waals surface area contributed by atoms with Crippen molar-refractivity contribution in [3.8, 4) is 5.69 Å². The number of aromatic nitrogens is 3. The number of nitrogens with zero attached hydrogens (tertiary/aromatic N) is 3. The topological polar surface area (TPSA) is 36.9 Å². The van der Waals surface area contributed by atoms with Crippen LogP contribution in [0.25, 0.3) is 5.69 Å². The molecule has 0 saturated heterocycles. The third-order valence-electron chi connectivity index (χ3n) is 2.82. The summed E-state index contributed by atoms with van der Waals surface area (Å²) in [6, 6.07) is 8.95. The molecule has 0 bridgehead atoms. The summed E-state index contributed by atoms with van der Waals surface area (Å²) in [5.41, 5.74) is 0.675. The van der Waals surface area contributed by atoms with Crippen LogP contribution >= 0.6 is 12.2 Å². The lowest BCUT2D eigenvalue weighted by Crippen LogP contribution is -2.36. The fourth-order valence-corrected chi connectivity index (χ4v) is 2.28. The first-order valence-corrected chi connectivity index (χ1v) is 6.87. The Kier molecular flexibility index (Phi) is 4.66. The molecule has 0 amide bonds. The summed E-state index contributed by atoms with van der Waals surface area (Å²) < 4.78 is 40.0. The predicted molar refractivity (Wildman–Crippen MR) is 77.3 cm³/mol. The largest absolute Gasteiger partial charge is 0.406 e. The molecule has 1 aromatic heterocycles. The second kappa shape index (κ2) is 6.30. The summed E-state index contributed by atoms with van der Waals surface area (Å²) in [4.78, 5) is 1.18. The Morgan fingerprint density at radius 2 is 1.95 bits per heavy atom. The highest BCUT2D eigenvalue weighted by Crippen LogP contribution is 2.23. The first-order valence-electron chi connectivity index (χ1n) is 6.47. The number of rotatable bonds is 5. The van der Waals surface area contributed by atoms with Crippen molar-refractivity contribution >= 4 is 18.2 Å². The van der Waals surface area contributed by atoms with Gasteiger partial charge >= 0.3 is 6.18 Å². The minimum absolute atomic E-state index is 0.172. The van der Waals surface area contributed by atoms with Gasteiger partial charge in [0.1, 0.15) is 6.54 Å². The molecule has 0 saturated carbocycles.